The molecule has 0 radical (unpaired) electrons. The largest absolute Gasteiger partial charge is 0.506 e. The van der Waals surface area contributed by atoms with Gasteiger partial charge < -0.3 is 5.11 Å². The van der Waals surface area contributed by atoms with E-state index in [1.54, 1.807) is 12.1 Å². The molecule has 4 aromatic rings. The zero-order chi connectivity index (χ0) is 15.1. The van der Waals surface area contributed by atoms with E-state index in [4.69, 9.17) is 11.6 Å². The van der Waals surface area contributed by atoms with Gasteiger partial charge in [-0.25, -0.2) is 9.97 Å². The third-order valence-electron chi connectivity index (χ3n) is 3.39. The van der Waals surface area contributed by atoms with Crippen LogP contribution in [0.5, 0.6) is 5.75 Å². The topological polar surface area (TPSA) is 50.4 Å². The number of benzene rings is 1. The van der Waals surface area contributed by atoms with Crippen molar-refractivity contribution in [2.45, 2.75) is 0 Å². The Balaban J connectivity index is 1.78. The highest BCUT2D eigenvalue weighted by molar-refractivity contribution is 7.15. The standard InChI is InChI=1S/C16H10ClN3OS/c17-15-12(20-8-9-22-16(20)19-15)7-6-11-5-4-10-2-1-3-13(21)14(10)18-11/h1-9,21H/b7-6+. The number of hydrogen-bond donors (Lipinski definition) is 1. The number of halogens is 1. The van der Waals surface area contributed by atoms with Crippen molar-refractivity contribution in [3.63, 3.8) is 0 Å². The fraction of sp³-hybridized carbons (Fsp3) is 0. The molecule has 0 saturated carbocycles. The van der Waals surface area contributed by atoms with Gasteiger partial charge in [0.25, 0.3) is 0 Å². The Morgan fingerprint density at radius 2 is 2.05 bits per heavy atom. The molecule has 1 aromatic carbocycles. The van der Waals surface area contributed by atoms with Gasteiger partial charge in [-0.3, -0.25) is 4.40 Å². The summed E-state index contributed by atoms with van der Waals surface area (Å²) in [4.78, 5) is 9.60. The lowest BCUT2D eigenvalue weighted by atomic mass is 10.2. The van der Waals surface area contributed by atoms with E-state index in [1.807, 2.05) is 46.3 Å². The van der Waals surface area contributed by atoms with Crippen LogP contribution in [0, 0.1) is 0 Å². The summed E-state index contributed by atoms with van der Waals surface area (Å²) in [6, 6.07) is 9.18. The summed E-state index contributed by atoms with van der Waals surface area (Å²) in [7, 11) is 0. The first-order valence-electron chi connectivity index (χ1n) is 6.60. The number of nitrogens with zero attached hydrogens (tertiary/aromatic N) is 3. The molecule has 0 amide bonds. The molecule has 0 fully saturated rings. The molecule has 4 rings (SSSR count). The molecule has 1 N–H and O–H groups in total. The third kappa shape index (κ3) is 2.15. The van der Waals surface area contributed by atoms with Crippen molar-refractivity contribution >= 4 is 51.0 Å². The van der Waals surface area contributed by atoms with Gasteiger partial charge in [-0.1, -0.05) is 29.8 Å². The maximum Gasteiger partial charge on any atom is 0.195 e. The fourth-order valence-electron chi connectivity index (χ4n) is 2.33. The highest BCUT2D eigenvalue weighted by atomic mass is 35.5. The average molecular weight is 328 g/mol. The molecule has 0 aliphatic rings. The number of hydrogen-bond acceptors (Lipinski definition) is 4. The van der Waals surface area contributed by atoms with Gasteiger partial charge in [0.05, 0.1) is 11.4 Å². The van der Waals surface area contributed by atoms with Crippen molar-refractivity contribution in [2.24, 2.45) is 0 Å². The molecule has 0 aliphatic heterocycles. The number of rotatable bonds is 2. The van der Waals surface area contributed by atoms with Crippen LogP contribution < -0.4 is 0 Å². The van der Waals surface area contributed by atoms with Crippen molar-refractivity contribution < 1.29 is 5.11 Å². The molecule has 0 saturated heterocycles. The van der Waals surface area contributed by atoms with Crippen LogP contribution in [0.25, 0.3) is 28.0 Å². The summed E-state index contributed by atoms with van der Waals surface area (Å²) < 4.78 is 1.93. The van der Waals surface area contributed by atoms with E-state index in [1.165, 1.54) is 11.3 Å². The van der Waals surface area contributed by atoms with Crippen LogP contribution in [0.4, 0.5) is 0 Å². The van der Waals surface area contributed by atoms with Gasteiger partial charge in [0.1, 0.15) is 11.3 Å². The number of para-hydroxylation sites is 1. The number of aromatic nitrogens is 3. The minimum absolute atomic E-state index is 0.176. The zero-order valence-electron chi connectivity index (χ0n) is 11.3. The van der Waals surface area contributed by atoms with E-state index in [0.717, 1.165) is 21.7 Å². The number of thiazole rings is 1. The highest BCUT2D eigenvalue weighted by Crippen LogP contribution is 2.25. The van der Waals surface area contributed by atoms with Gasteiger partial charge in [-0.15, -0.1) is 11.3 Å². The van der Waals surface area contributed by atoms with Crippen LogP contribution in [0.15, 0.2) is 41.9 Å². The molecule has 3 heterocycles. The van der Waals surface area contributed by atoms with E-state index in [0.29, 0.717) is 10.7 Å². The second-order valence-corrected chi connectivity index (χ2v) is 5.99. The van der Waals surface area contributed by atoms with Crippen molar-refractivity contribution in [3.05, 3.63) is 58.4 Å². The molecular formula is C16H10ClN3OS. The summed E-state index contributed by atoms with van der Waals surface area (Å²) >= 11 is 7.69. The van der Waals surface area contributed by atoms with Crippen LogP contribution in [0.1, 0.15) is 11.4 Å². The summed E-state index contributed by atoms with van der Waals surface area (Å²) in [5.74, 6) is 0.176. The molecule has 22 heavy (non-hydrogen) atoms. The number of fused-ring (bicyclic) bond motifs is 2. The summed E-state index contributed by atoms with van der Waals surface area (Å²) in [6.45, 7) is 0. The quantitative estimate of drug-likeness (QED) is 0.591. The molecule has 0 bridgehead atoms. The number of imidazole rings is 1. The third-order valence-corrected chi connectivity index (χ3v) is 4.42. The summed E-state index contributed by atoms with van der Waals surface area (Å²) in [5.41, 5.74) is 2.15. The van der Waals surface area contributed by atoms with E-state index < -0.39 is 0 Å². The Bertz CT molecular complexity index is 1020. The lowest BCUT2D eigenvalue weighted by molar-refractivity contribution is 0.480. The second kappa shape index (κ2) is 5.12. The van der Waals surface area contributed by atoms with Gasteiger partial charge in [0.15, 0.2) is 10.1 Å². The highest BCUT2D eigenvalue weighted by Gasteiger charge is 2.08. The van der Waals surface area contributed by atoms with Gasteiger partial charge in [-0.2, -0.15) is 0 Å². The van der Waals surface area contributed by atoms with Gasteiger partial charge >= 0.3 is 0 Å². The average Bonchev–Trinajstić information content (AvgIpc) is 3.07. The van der Waals surface area contributed by atoms with Gasteiger partial charge in [-0.05, 0) is 24.3 Å². The number of phenolic OH excluding ortho intramolecular Hbond substituents is 1. The first-order chi connectivity index (χ1) is 10.7. The molecule has 0 atom stereocenters. The first-order valence-corrected chi connectivity index (χ1v) is 7.86. The number of phenols is 1. The fourth-order valence-corrected chi connectivity index (χ4v) is 3.33. The van der Waals surface area contributed by atoms with Crippen LogP contribution in [0.3, 0.4) is 0 Å². The smallest absolute Gasteiger partial charge is 0.195 e. The van der Waals surface area contributed by atoms with Crippen molar-refractivity contribution in [1.29, 1.82) is 0 Å². The Morgan fingerprint density at radius 3 is 2.95 bits per heavy atom. The van der Waals surface area contributed by atoms with E-state index in [9.17, 15) is 5.11 Å². The minimum Gasteiger partial charge on any atom is -0.506 e. The van der Waals surface area contributed by atoms with Gasteiger partial charge in [0, 0.05) is 17.0 Å². The van der Waals surface area contributed by atoms with Crippen molar-refractivity contribution in [3.8, 4) is 5.75 Å². The van der Waals surface area contributed by atoms with Crippen molar-refractivity contribution in [1.82, 2.24) is 14.4 Å². The molecule has 0 aliphatic carbocycles. The molecule has 6 heteroatoms. The molecule has 3 aromatic heterocycles. The lowest BCUT2D eigenvalue weighted by Gasteiger charge is -2.01. The van der Waals surface area contributed by atoms with Crippen LogP contribution in [-0.4, -0.2) is 19.5 Å². The molecule has 0 unspecified atom stereocenters. The molecule has 108 valence electrons. The Morgan fingerprint density at radius 1 is 1.14 bits per heavy atom. The maximum atomic E-state index is 9.89. The van der Waals surface area contributed by atoms with Crippen LogP contribution in [-0.2, 0) is 0 Å². The zero-order valence-corrected chi connectivity index (χ0v) is 12.8. The predicted octanol–water partition coefficient (Wildman–Crippen LogP) is 4.47. The number of pyridine rings is 1. The normalized spacial score (nSPS) is 11.9. The second-order valence-electron chi connectivity index (χ2n) is 4.76. The van der Waals surface area contributed by atoms with Crippen molar-refractivity contribution in [2.75, 3.05) is 0 Å². The van der Waals surface area contributed by atoms with Crippen LogP contribution >= 0.6 is 22.9 Å². The monoisotopic (exact) mass is 327 g/mol. The first kappa shape index (κ1) is 13.3. The maximum absolute atomic E-state index is 9.89. The predicted molar refractivity (Wildman–Crippen MR) is 90.4 cm³/mol. The minimum atomic E-state index is 0.176. The number of aromatic hydroxyl groups is 1. The lowest BCUT2D eigenvalue weighted by Crippen LogP contribution is -1.85. The van der Waals surface area contributed by atoms with E-state index in [2.05, 4.69) is 9.97 Å². The van der Waals surface area contributed by atoms with E-state index in [-0.39, 0.29) is 5.75 Å². The molecular weight excluding hydrogens is 318 g/mol. The van der Waals surface area contributed by atoms with Gasteiger partial charge in [0.2, 0.25) is 0 Å². The van der Waals surface area contributed by atoms with E-state index >= 15 is 0 Å². The Hall–Kier alpha value is -2.37. The summed E-state index contributed by atoms with van der Waals surface area (Å²) in [5, 5.41) is 13.2. The summed E-state index contributed by atoms with van der Waals surface area (Å²) in [6.07, 6.45) is 5.67. The SMILES string of the molecule is Oc1cccc2ccc(/C=C/c3c(Cl)nc4sccn34)nc12. The van der Waals surface area contributed by atoms with Crippen LogP contribution in [0.2, 0.25) is 5.15 Å². The Labute approximate surface area is 135 Å². The Kier molecular flexibility index (Phi) is 3.10. The molecule has 4 nitrogen and oxygen atoms in total. The molecule has 0 spiro atoms.